The number of amides is 1. The molecule has 4 heterocycles. The first-order valence-corrected chi connectivity index (χ1v) is 16.9. The summed E-state index contributed by atoms with van der Waals surface area (Å²) in [5.41, 5.74) is 6.11. The van der Waals surface area contributed by atoms with E-state index in [9.17, 15) is 4.79 Å². The van der Waals surface area contributed by atoms with Crippen LogP contribution in [0, 0.1) is 0 Å². The molecule has 2 aromatic heterocycles. The molecular weight excluding hydrogens is 558 g/mol. The van der Waals surface area contributed by atoms with Crippen molar-refractivity contribution in [3.63, 3.8) is 0 Å². The number of nitrogens with zero attached hydrogens (tertiary/aromatic N) is 4. The Kier molecular flexibility index (Phi) is 10.4. The van der Waals surface area contributed by atoms with Crippen LogP contribution in [0.5, 0.6) is 0 Å². The van der Waals surface area contributed by atoms with E-state index in [0.717, 1.165) is 79.7 Å². The van der Waals surface area contributed by atoms with Crippen LogP contribution in [-0.4, -0.2) is 64.2 Å². The number of unbranched alkanes of at least 4 members (excludes halogenated alkanes) is 5. The highest BCUT2D eigenvalue weighted by Gasteiger charge is 2.33. The average Bonchev–Trinajstić information content (AvgIpc) is 3.06. The summed E-state index contributed by atoms with van der Waals surface area (Å²) in [6, 6.07) is 22.3. The number of likely N-dealkylation sites (tertiary alicyclic amines) is 1. The molecule has 7 heteroatoms. The number of ether oxygens (including phenoxy) is 1. The van der Waals surface area contributed by atoms with Crippen molar-refractivity contribution in [3.8, 4) is 11.1 Å². The number of benzene rings is 2. The smallest absolute Gasteiger partial charge is 0.412 e. The first-order chi connectivity index (χ1) is 22.0. The topological polar surface area (TPSA) is 70.6 Å². The van der Waals surface area contributed by atoms with E-state index in [-0.39, 0.29) is 6.09 Å². The van der Waals surface area contributed by atoms with E-state index in [4.69, 9.17) is 9.72 Å². The number of para-hydroxylation sites is 1. The monoisotopic (exact) mass is 605 g/mol. The quantitative estimate of drug-likeness (QED) is 0.165. The number of piperidine rings is 1. The lowest BCUT2D eigenvalue weighted by Gasteiger charge is -2.38. The fourth-order valence-corrected chi connectivity index (χ4v) is 6.78. The summed E-state index contributed by atoms with van der Waals surface area (Å²) < 4.78 is 5.99. The van der Waals surface area contributed by atoms with Crippen molar-refractivity contribution < 1.29 is 9.53 Å². The van der Waals surface area contributed by atoms with E-state index in [1.54, 1.807) is 0 Å². The van der Waals surface area contributed by atoms with Gasteiger partial charge < -0.3 is 9.64 Å². The Labute approximate surface area is 268 Å². The Morgan fingerprint density at radius 2 is 1.58 bits per heavy atom. The summed E-state index contributed by atoms with van der Waals surface area (Å²) in [6.45, 7) is 8.47. The summed E-state index contributed by atoms with van der Waals surface area (Å²) in [5.74, 6) is 0. The van der Waals surface area contributed by atoms with Crippen LogP contribution in [0.25, 0.3) is 22.0 Å². The maximum atomic E-state index is 12.9. The zero-order chi connectivity index (χ0) is 30.9. The Balaban J connectivity index is 0.830. The van der Waals surface area contributed by atoms with Gasteiger partial charge in [0, 0.05) is 61.6 Å². The number of nitrogens with one attached hydrogen (secondary N) is 1. The molecule has 236 valence electrons. The molecule has 4 aromatic rings. The van der Waals surface area contributed by atoms with Crippen molar-refractivity contribution in [2.24, 2.45) is 0 Å². The van der Waals surface area contributed by atoms with E-state index in [1.165, 1.54) is 56.3 Å². The molecule has 7 nitrogen and oxygen atoms in total. The van der Waals surface area contributed by atoms with Crippen molar-refractivity contribution in [3.05, 3.63) is 90.4 Å². The van der Waals surface area contributed by atoms with Crippen molar-refractivity contribution in [1.82, 2.24) is 19.8 Å². The van der Waals surface area contributed by atoms with Crippen LogP contribution in [-0.2, 0) is 17.7 Å². The largest absolute Gasteiger partial charge is 0.443 e. The predicted molar refractivity (Wildman–Crippen MR) is 182 cm³/mol. The molecule has 1 fully saturated rings. The minimum Gasteiger partial charge on any atom is -0.443 e. The van der Waals surface area contributed by atoms with E-state index in [2.05, 4.69) is 45.2 Å². The summed E-state index contributed by atoms with van der Waals surface area (Å²) in [5, 5.41) is 4.15. The number of aromatic nitrogens is 2. The third kappa shape index (κ3) is 8.47. The Hall–Kier alpha value is -3.81. The highest BCUT2D eigenvalue weighted by atomic mass is 16.6. The number of anilines is 1. The molecule has 0 bridgehead atoms. The van der Waals surface area contributed by atoms with Gasteiger partial charge in [-0.15, -0.1) is 0 Å². The molecular formula is C38H47N5O2. The van der Waals surface area contributed by atoms with E-state index < -0.39 is 5.60 Å². The highest BCUT2D eigenvalue weighted by molar-refractivity contribution is 5.91. The molecule has 1 amide bonds. The first-order valence-electron chi connectivity index (χ1n) is 16.9. The number of hydrogen-bond donors (Lipinski definition) is 1. The zero-order valence-corrected chi connectivity index (χ0v) is 26.7. The van der Waals surface area contributed by atoms with Gasteiger partial charge in [0.05, 0.1) is 11.2 Å². The first kappa shape index (κ1) is 31.2. The van der Waals surface area contributed by atoms with Crippen molar-refractivity contribution in [2.45, 2.75) is 76.9 Å². The molecule has 0 saturated carbocycles. The van der Waals surface area contributed by atoms with Gasteiger partial charge in [0.2, 0.25) is 0 Å². The van der Waals surface area contributed by atoms with Crippen LogP contribution in [0.15, 0.2) is 79.1 Å². The van der Waals surface area contributed by atoms with Crippen LogP contribution in [0.2, 0.25) is 0 Å². The fourth-order valence-electron chi connectivity index (χ4n) is 6.78. The minimum atomic E-state index is -0.430. The predicted octanol–water partition coefficient (Wildman–Crippen LogP) is 8.10. The average molecular weight is 606 g/mol. The second kappa shape index (κ2) is 15.0. The van der Waals surface area contributed by atoms with E-state index in [1.807, 2.05) is 60.9 Å². The van der Waals surface area contributed by atoms with Gasteiger partial charge in [0.1, 0.15) is 5.60 Å². The van der Waals surface area contributed by atoms with Gasteiger partial charge in [-0.3, -0.25) is 20.2 Å². The number of fused-ring (bicyclic) bond motifs is 2. The molecule has 0 unspecified atom stereocenters. The van der Waals surface area contributed by atoms with Gasteiger partial charge in [0.15, 0.2) is 0 Å². The Morgan fingerprint density at radius 3 is 2.38 bits per heavy atom. The van der Waals surface area contributed by atoms with Crippen molar-refractivity contribution in [1.29, 1.82) is 0 Å². The molecule has 1 saturated heterocycles. The summed E-state index contributed by atoms with van der Waals surface area (Å²) in [7, 11) is 0. The molecule has 45 heavy (non-hydrogen) atoms. The Bertz CT molecular complexity index is 1550. The highest BCUT2D eigenvalue weighted by Crippen LogP contribution is 2.30. The summed E-state index contributed by atoms with van der Waals surface area (Å²) >= 11 is 0. The van der Waals surface area contributed by atoms with Gasteiger partial charge in [0.25, 0.3) is 0 Å². The number of carbonyl (C=O) groups excluding carboxylic acids is 1. The maximum absolute atomic E-state index is 12.9. The molecule has 0 radical (unpaired) electrons. The molecule has 0 spiro atoms. The van der Waals surface area contributed by atoms with Crippen LogP contribution in [0.4, 0.5) is 10.5 Å². The Morgan fingerprint density at radius 1 is 0.867 bits per heavy atom. The molecule has 0 aliphatic carbocycles. The van der Waals surface area contributed by atoms with Gasteiger partial charge >= 0.3 is 6.09 Å². The fraction of sp³-hybridized carbons (Fsp3) is 0.447. The van der Waals surface area contributed by atoms with E-state index >= 15 is 0 Å². The summed E-state index contributed by atoms with van der Waals surface area (Å²) in [4.78, 5) is 27.2. The third-order valence-electron chi connectivity index (χ3n) is 9.54. The van der Waals surface area contributed by atoms with Gasteiger partial charge in [-0.25, -0.2) is 4.79 Å². The van der Waals surface area contributed by atoms with Crippen molar-refractivity contribution in [2.75, 3.05) is 38.0 Å². The number of hydrogen-bond acceptors (Lipinski definition) is 6. The lowest BCUT2D eigenvalue weighted by Crippen LogP contribution is -2.46. The maximum Gasteiger partial charge on any atom is 0.412 e. The van der Waals surface area contributed by atoms with Crippen LogP contribution in [0.1, 0.15) is 69.5 Å². The second-order valence-electron chi connectivity index (χ2n) is 13.0. The second-order valence-corrected chi connectivity index (χ2v) is 13.0. The van der Waals surface area contributed by atoms with Crippen LogP contribution < -0.4 is 5.32 Å². The minimum absolute atomic E-state index is 0.373. The number of pyridine rings is 2. The third-order valence-corrected chi connectivity index (χ3v) is 9.54. The SMILES string of the molecule is CC1(OC(=O)Nc2ccccc2-c2ccccc2)CCN(CCCCCCCCN2CCc3nc4ccncc4cc3C2)CC1. The van der Waals surface area contributed by atoms with Gasteiger partial charge in [-0.2, -0.15) is 0 Å². The van der Waals surface area contributed by atoms with Gasteiger partial charge in [-0.1, -0.05) is 74.2 Å². The molecule has 1 N–H and O–H groups in total. The number of rotatable bonds is 12. The zero-order valence-electron chi connectivity index (χ0n) is 26.7. The van der Waals surface area contributed by atoms with E-state index in [0.29, 0.717) is 0 Å². The van der Waals surface area contributed by atoms with Crippen LogP contribution in [0.3, 0.4) is 0 Å². The molecule has 0 atom stereocenters. The van der Waals surface area contributed by atoms with Gasteiger partial charge in [-0.05, 0) is 75.0 Å². The molecule has 2 aliphatic rings. The molecule has 6 rings (SSSR count). The lowest BCUT2D eigenvalue weighted by atomic mass is 9.93. The van der Waals surface area contributed by atoms with Crippen LogP contribution >= 0.6 is 0 Å². The molecule has 2 aliphatic heterocycles. The normalized spacial score (nSPS) is 16.7. The molecule has 2 aromatic carbocycles. The number of carbonyl (C=O) groups is 1. The standard InChI is InChI=1S/C38H47N5O2/c1-38(45-37(44)41-36-16-10-9-15-33(36)30-13-7-6-8-14-30)19-25-42(26-20-38)22-11-4-2-3-5-12-23-43-24-18-35-32(29-43)27-31-28-39-21-17-34(31)40-35/h6-10,13-17,21,27-28H,2-5,11-12,18-20,22-26,29H2,1H3,(H,41,44). The summed E-state index contributed by atoms with van der Waals surface area (Å²) in [6.07, 6.45) is 13.9. The van der Waals surface area contributed by atoms with Crippen molar-refractivity contribution >= 4 is 22.7 Å². The lowest BCUT2D eigenvalue weighted by molar-refractivity contribution is -0.0163.